The van der Waals surface area contributed by atoms with E-state index in [4.69, 9.17) is 0 Å². The van der Waals surface area contributed by atoms with E-state index >= 15 is 0 Å². The summed E-state index contributed by atoms with van der Waals surface area (Å²) in [6, 6.07) is 21.0. The quantitative estimate of drug-likeness (QED) is 0.168. The second-order valence-electron chi connectivity index (χ2n) is 7.14. The Bertz CT molecular complexity index is 1430. The molecule has 0 fully saturated rings. The largest absolute Gasteiger partial charge is 0.360 e. The molecule has 0 atom stereocenters. The number of aromatic nitrogens is 1. The highest BCUT2D eigenvalue weighted by molar-refractivity contribution is 7.21. The van der Waals surface area contributed by atoms with E-state index in [1.165, 1.54) is 36.0 Å². The Morgan fingerprint density at radius 1 is 1.12 bits per heavy atom. The van der Waals surface area contributed by atoms with E-state index in [1.54, 1.807) is 11.3 Å². The number of hydrogen-bond acceptors (Lipinski definition) is 7. The Morgan fingerprint density at radius 2 is 1.91 bits per heavy atom. The van der Waals surface area contributed by atoms with E-state index < -0.39 is 10.8 Å². The molecule has 4 aromatic rings. The van der Waals surface area contributed by atoms with Crippen LogP contribution in [0.25, 0.3) is 20.8 Å². The number of anilines is 2. The normalized spacial score (nSPS) is 11.1. The first-order chi connectivity index (χ1) is 15.9. The zero-order valence-corrected chi connectivity index (χ0v) is 18.2. The van der Waals surface area contributed by atoms with Crippen molar-refractivity contribution in [1.29, 1.82) is 5.26 Å². The van der Waals surface area contributed by atoms with Crippen molar-refractivity contribution in [3.63, 3.8) is 0 Å². The number of nitro groups is 1. The fraction of sp³-hybridized carbons (Fsp3) is 0.0417. The highest BCUT2D eigenvalue weighted by atomic mass is 32.1. The molecule has 0 spiro atoms. The van der Waals surface area contributed by atoms with Gasteiger partial charge in [-0.1, -0.05) is 12.1 Å². The van der Waals surface area contributed by atoms with Crippen LogP contribution in [0.5, 0.6) is 0 Å². The number of benzene rings is 3. The number of non-ortho nitro benzene ring substituents is 1. The number of nitrogens with zero attached hydrogens (tertiary/aromatic N) is 3. The molecule has 0 saturated carbocycles. The summed E-state index contributed by atoms with van der Waals surface area (Å²) >= 11 is 1.62. The maximum absolute atomic E-state index is 12.4. The van der Waals surface area contributed by atoms with Crippen LogP contribution in [0.1, 0.15) is 5.56 Å². The van der Waals surface area contributed by atoms with Crippen LogP contribution in [0, 0.1) is 28.4 Å². The van der Waals surface area contributed by atoms with Crippen molar-refractivity contribution in [2.75, 3.05) is 10.6 Å². The zero-order chi connectivity index (χ0) is 23.4. The average molecular weight is 455 g/mol. The Hall–Kier alpha value is -4.55. The van der Waals surface area contributed by atoms with Gasteiger partial charge in [-0.25, -0.2) is 4.98 Å². The third-order valence-corrected chi connectivity index (χ3v) is 5.81. The van der Waals surface area contributed by atoms with Crippen molar-refractivity contribution >= 4 is 44.5 Å². The molecule has 1 amide bonds. The summed E-state index contributed by atoms with van der Waals surface area (Å²) in [6.45, 7) is 2.05. The number of nitro benzene ring substituents is 1. The molecule has 33 heavy (non-hydrogen) atoms. The van der Waals surface area contributed by atoms with Crippen molar-refractivity contribution in [2.45, 2.75) is 6.92 Å². The number of nitriles is 1. The number of aryl methyl sites for hydroxylation is 1. The molecule has 4 rings (SSSR count). The number of carbonyl (C=O) groups excluding carboxylic acids is 1. The zero-order valence-electron chi connectivity index (χ0n) is 17.4. The van der Waals surface area contributed by atoms with E-state index in [0.29, 0.717) is 5.69 Å². The summed E-state index contributed by atoms with van der Waals surface area (Å²) in [6.07, 6.45) is 1.29. The van der Waals surface area contributed by atoms with Crippen molar-refractivity contribution in [3.8, 4) is 16.6 Å². The summed E-state index contributed by atoms with van der Waals surface area (Å²) in [5.41, 5.74) is 3.69. The van der Waals surface area contributed by atoms with Gasteiger partial charge < -0.3 is 10.6 Å². The first kappa shape index (κ1) is 21.7. The van der Waals surface area contributed by atoms with E-state index in [-0.39, 0.29) is 16.9 Å². The van der Waals surface area contributed by atoms with E-state index in [2.05, 4.69) is 21.7 Å². The van der Waals surface area contributed by atoms with E-state index in [9.17, 15) is 20.2 Å². The van der Waals surface area contributed by atoms with Gasteiger partial charge in [0.2, 0.25) is 0 Å². The van der Waals surface area contributed by atoms with Crippen LogP contribution in [0.15, 0.2) is 78.5 Å². The van der Waals surface area contributed by atoms with Crippen LogP contribution in [0.3, 0.4) is 0 Å². The molecule has 162 valence electrons. The molecule has 0 aliphatic heterocycles. The number of amides is 1. The molecule has 8 nitrogen and oxygen atoms in total. The second-order valence-corrected chi connectivity index (χ2v) is 8.17. The van der Waals surface area contributed by atoms with Gasteiger partial charge in [-0.15, -0.1) is 11.3 Å². The van der Waals surface area contributed by atoms with Crippen LogP contribution in [-0.2, 0) is 4.79 Å². The van der Waals surface area contributed by atoms with Crippen molar-refractivity contribution in [1.82, 2.24) is 4.98 Å². The predicted molar refractivity (Wildman–Crippen MR) is 129 cm³/mol. The summed E-state index contributed by atoms with van der Waals surface area (Å²) < 4.78 is 1.13. The van der Waals surface area contributed by atoms with Gasteiger partial charge in [0.1, 0.15) is 16.6 Å². The van der Waals surface area contributed by atoms with Gasteiger partial charge in [-0.05, 0) is 55.0 Å². The third-order valence-electron chi connectivity index (χ3n) is 4.74. The SMILES string of the molecule is Cc1ccc2nc(-c3ccc(N/C=C(/C#N)C(=O)Nc4cccc([N+](=O)[O-])c4)cc3)sc2c1. The Morgan fingerprint density at radius 3 is 2.64 bits per heavy atom. The molecule has 0 unspecified atom stereocenters. The Labute approximate surface area is 193 Å². The van der Waals surface area contributed by atoms with E-state index in [0.717, 1.165) is 20.8 Å². The Balaban J connectivity index is 1.45. The molecule has 2 N–H and O–H groups in total. The van der Waals surface area contributed by atoms with Crippen molar-refractivity contribution < 1.29 is 9.72 Å². The maximum atomic E-state index is 12.4. The van der Waals surface area contributed by atoms with Gasteiger partial charge in [0.05, 0.1) is 15.1 Å². The molecule has 1 heterocycles. The monoisotopic (exact) mass is 455 g/mol. The number of hydrogen-bond donors (Lipinski definition) is 2. The van der Waals surface area contributed by atoms with Crippen molar-refractivity contribution in [2.24, 2.45) is 0 Å². The van der Waals surface area contributed by atoms with Crippen LogP contribution in [-0.4, -0.2) is 15.8 Å². The Kier molecular flexibility index (Phi) is 6.11. The predicted octanol–water partition coefficient (Wildman–Crippen LogP) is 5.64. The topological polar surface area (TPSA) is 121 Å². The average Bonchev–Trinajstić information content (AvgIpc) is 3.23. The molecule has 0 aliphatic carbocycles. The van der Waals surface area contributed by atoms with Crippen LogP contribution in [0.4, 0.5) is 17.1 Å². The van der Waals surface area contributed by atoms with Gasteiger partial charge in [0.15, 0.2) is 0 Å². The maximum Gasteiger partial charge on any atom is 0.271 e. The van der Waals surface area contributed by atoms with Crippen molar-refractivity contribution in [3.05, 3.63) is 94.2 Å². The first-order valence-electron chi connectivity index (χ1n) is 9.83. The third kappa shape index (κ3) is 5.03. The fourth-order valence-corrected chi connectivity index (χ4v) is 4.13. The summed E-state index contributed by atoms with van der Waals surface area (Å²) in [5.74, 6) is -0.674. The molecule has 0 aliphatic rings. The molecule has 1 aromatic heterocycles. The number of thiazole rings is 1. The fourth-order valence-electron chi connectivity index (χ4n) is 3.06. The van der Waals surface area contributed by atoms with Gasteiger partial charge in [-0.2, -0.15) is 5.26 Å². The van der Waals surface area contributed by atoms with Gasteiger partial charge in [-0.3, -0.25) is 14.9 Å². The lowest BCUT2D eigenvalue weighted by Crippen LogP contribution is -2.14. The van der Waals surface area contributed by atoms with Crippen LogP contribution < -0.4 is 10.6 Å². The summed E-state index contributed by atoms with van der Waals surface area (Å²) in [7, 11) is 0. The van der Waals surface area contributed by atoms with E-state index in [1.807, 2.05) is 49.4 Å². The highest BCUT2D eigenvalue weighted by Crippen LogP contribution is 2.31. The second kappa shape index (κ2) is 9.30. The summed E-state index contributed by atoms with van der Waals surface area (Å²) in [5, 5.41) is 26.6. The smallest absolute Gasteiger partial charge is 0.271 e. The van der Waals surface area contributed by atoms with Gasteiger partial charge in [0, 0.05) is 35.3 Å². The molecule has 0 radical (unpaired) electrons. The van der Waals surface area contributed by atoms with Crippen LogP contribution in [0.2, 0.25) is 0 Å². The molecular formula is C24H17N5O3S. The molecule has 3 aromatic carbocycles. The highest BCUT2D eigenvalue weighted by Gasteiger charge is 2.12. The number of fused-ring (bicyclic) bond motifs is 1. The lowest BCUT2D eigenvalue weighted by molar-refractivity contribution is -0.384. The minimum absolute atomic E-state index is 0.156. The lowest BCUT2D eigenvalue weighted by Gasteiger charge is -2.06. The molecule has 0 bridgehead atoms. The molecule has 0 saturated heterocycles. The minimum Gasteiger partial charge on any atom is -0.360 e. The van der Waals surface area contributed by atoms with Crippen LogP contribution >= 0.6 is 11.3 Å². The standard InChI is InChI=1S/C24H17N5O3S/c1-15-5-10-21-22(11-15)33-24(28-21)16-6-8-18(9-7-16)26-14-17(13-25)23(30)27-19-3-2-4-20(12-19)29(31)32/h2-12,14,26H,1H3,(H,27,30)/b17-14-. The van der Waals surface area contributed by atoms with Gasteiger partial charge >= 0.3 is 0 Å². The number of rotatable bonds is 6. The lowest BCUT2D eigenvalue weighted by atomic mass is 10.2. The summed E-state index contributed by atoms with van der Waals surface area (Å²) in [4.78, 5) is 27.4. The minimum atomic E-state index is -0.674. The molecular weight excluding hydrogens is 438 g/mol. The number of carbonyl (C=O) groups is 1. The van der Waals surface area contributed by atoms with Gasteiger partial charge in [0.25, 0.3) is 11.6 Å². The number of nitrogens with one attached hydrogen (secondary N) is 2. The molecule has 9 heteroatoms. The first-order valence-corrected chi connectivity index (χ1v) is 10.6.